The van der Waals surface area contributed by atoms with Crippen LogP contribution in [0.15, 0.2) is 0 Å². The zero-order chi connectivity index (χ0) is 8.11. The second kappa shape index (κ2) is 1.75. The maximum atomic E-state index is 13.6. The van der Waals surface area contributed by atoms with Crippen LogP contribution < -0.4 is 0 Å². The van der Waals surface area contributed by atoms with Crippen molar-refractivity contribution in [3.8, 4) is 6.07 Å². The van der Waals surface area contributed by atoms with Gasteiger partial charge in [0, 0.05) is 0 Å². The molecule has 0 aromatic rings. The van der Waals surface area contributed by atoms with Crippen LogP contribution in [0.3, 0.4) is 0 Å². The van der Waals surface area contributed by atoms with Gasteiger partial charge in [0.05, 0.1) is 0 Å². The maximum absolute atomic E-state index is 13.6. The molecule has 3 heteroatoms. The SMILES string of the molecule is C[C@]1(F)CCC[C@H]2O[C@]21C#N. The molecule has 0 aromatic heterocycles. The average molecular weight is 155 g/mol. The van der Waals surface area contributed by atoms with Crippen LogP contribution in [0.2, 0.25) is 0 Å². The lowest BCUT2D eigenvalue weighted by Crippen LogP contribution is -2.41. The second-order valence-electron chi connectivity index (χ2n) is 3.54. The molecule has 0 spiro atoms. The molecule has 0 N–H and O–H groups in total. The Morgan fingerprint density at radius 2 is 2.45 bits per heavy atom. The largest absolute Gasteiger partial charge is 0.347 e. The van der Waals surface area contributed by atoms with Crippen molar-refractivity contribution in [1.82, 2.24) is 0 Å². The third kappa shape index (κ3) is 0.681. The Kier molecular flexibility index (Phi) is 1.12. The van der Waals surface area contributed by atoms with E-state index >= 15 is 0 Å². The number of nitrogens with zero attached hydrogens (tertiary/aromatic N) is 1. The van der Waals surface area contributed by atoms with Crippen molar-refractivity contribution < 1.29 is 9.13 Å². The van der Waals surface area contributed by atoms with E-state index in [1.807, 2.05) is 6.07 Å². The Morgan fingerprint density at radius 3 is 2.91 bits per heavy atom. The van der Waals surface area contributed by atoms with Crippen LogP contribution in [0, 0.1) is 11.3 Å². The summed E-state index contributed by atoms with van der Waals surface area (Å²) in [4.78, 5) is 0. The maximum Gasteiger partial charge on any atom is 0.214 e. The Morgan fingerprint density at radius 1 is 1.73 bits per heavy atom. The zero-order valence-electron chi connectivity index (χ0n) is 6.43. The van der Waals surface area contributed by atoms with Crippen molar-refractivity contribution in [1.29, 1.82) is 5.26 Å². The van der Waals surface area contributed by atoms with E-state index in [2.05, 4.69) is 0 Å². The van der Waals surface area contributed by atoms with Gasteiger partial charge in [0.15, 0.2) is 5.67 Å². The fourth-order valence-corrected chi connectivity index (χ4v) is 1.93. The van der Waals surface area contributed by atoms with Gasteiger partial charge in [0.2, 0.25) is 5.60 Å². The third-order valence-electron chi connectivity index (χ3n) is 2.78. The smallest absolute Gasteiger partial charge is 0.214 e. The van der Waals surface area contributed by atoms with E-state index < -0.39 is 11.3 Å². The number of alkyl halides is 1. The molecule has 1 aliphatic carbocycles. The summed E-state index contributed by atoms with van der Waals surface area (Å²) in [6, 6.07) is 1.95. The molecule has 11 heavy (non-hydrogen) atoms. The Bertz CT molecular complexity index is 233. The summed E-state index contributed by atoms with van der Waals surface area (Å²) in [6.45, 7) is 1.47. The molecule has 0 aromatic carbocycles. The summed E-state index contributed by atoms with van der Waals surface area (Å²) in [5.41, 5.74) is -2.50. The topological polar surface area (TPSA) is 36.3 Å². The lowest BCUT2D eigenvalue weighted by molar-refractivity contribution is 0.0840. The van der Waals surface area contributed by atoms with E-state index in [0.29, 0.717) is 6.42 Å². The molecule has 2 nitrogen and oxygen atoms in total. The van der Waals surface area contributed by atoms with Crippen molar-refractivity contribution in [2.75, 3.05) is 0 Å². The molecule has 1 saturated carbocycles. The molecule has 1 aliphatic heterocycles. The standard InChI is InChI=1S/C8H10FNO/c1-7(9)4-2-3-6-8(7,5-10)11-6/h6H,2-4H2,1H3/t6-,7+,8-/m1/s1. The molecule has 1 heterocycles. The lowest BCUT2D eigenvalue weighted by Gasteiger charge is -2.26. The van der Waals surface area contributed by atoms with E-state index in [1.165, 1.54) is 6.92 Å². The molecule has 2 rings (SSSR count). The summed E-state index contributed by atoms with van der Waals surface area (Å²) >= 11 is 0. The monoisotopic (exact) mass is 155 g/mol. The molecule has 1 saturated heterocycles. The first-order valence-electron chi connectivity index (χ1n) is 3.90. The first-order valence-corrected chi connectivity index (χ1v) is 3.90. The number of rotatable bonds is 0. The number of hydrogen-bond acceptors (Lipinski definition) is 2. The van der Waals surface area contributed by atoms with Crippen LogP contribution in [0.25, 0.3) is 0 Å². The highest BCUT2D eigenvalue weighted by Gasteiger charge is 2.70. The second-order valence-corrected chi connectivity index (χ2v) is 3.54. The fourth-order valence-electron chi connectivity index (χ4n) is 1.93. The molecule has 2 aliphatic rings. The van der Waals surface area contributed by atoms with Crippen LogP contribution in [0.1, 0.15) is 26.2 Å². The molecule has 3 atom stereocenters. The highest BCUT2D eigenvalue weighted by molar-refractivity contribution is 5.28. The van der Waals surface area contributed by atoms with Crippen molar-refractivity contribution >= 4 is 0 Å². The van der Waals surface area contributed by atoms with Gasteiger partial charge in [-0.25, -0.2) is 4.39 Å². The van der Waals surface area contributed by atoms with Gasteiger partial charge in [-0.3, -0.25) is 0 Å². The quantitative estimate of drug-likeness (QED) is 0.498. The van der Waals surface area contributed by atoms with Gasteiger partial charge >= 0.3 is 0 Å². The van der Waals surface area contributed by atoms with Gasteiger partial charge in [-0.2, -0.15) is 5.26 Å². The number of fused-ring (bicyclic) bond motifs is 1. The summed E-state index contributed by atoms with van der Waals surface area (Å²) in [7, 11) is 0. The minimum absolute atomic E-state index is 0.128. The number of hydrogen-bond donors (Lipinski definition) is 0. The van der Waals surface area contributed by atoms with Crippen molar-refractivity contribution in [3.05, 3.63) is 0 Å². The minimum Gasteiger partial charge on any atom is -0.347 e. The van der Waals surface area contributed by atoms with Crippen LogP contribution in [-0.2, 0) is 4.74 Å². The van der Waals surface area contributed by atoms with Gasteiger partial charge < -0.3 is 4.74 Å². The molecule has 0 radical (unpaired) electrons. The summed E-state index contributed by atoms with van der Waals surface area (Å²) in [5.74, 6) is 0. The summed E-state index contributed by atoms with van der Waals surface area (Å²) in [6.07, 6.45) is 2.00. The first-order chi connectivity index (χ1) is 5.12. The van der Waals surface area contributed by atoms with Gasteiger partial charge in [-0.05, 0) is 26.2 Å². The first kappa shape index (κ1) is 7.05. The lowest BCUT2D eigenvalue weighted by atomic mass is 9.78. The Hall–Kier alpha value is -0.620. The number of halogens is 1. The molecule has 0 bridgehead atoms. The highest BCUT2D eigenvalue weighted by Crippen LogP contribution is 2.54. The van der Waals surface area contributed by atoms with Crippen molar-refractivity contribution in [2.24, 2.45) is 0 Å². The summed E-state index contributed by atoms with van der Waals surface area (Å²) < 4.78 is 18.7. The fraction of sp³-hybridized carbons (Fsp3) is 0.875. The van der Waals surface area contributed by atoms with Gasteiger partial charge in [-0.15, -0.1) is 0 Å². The minimum atomic E-state index is -1.43. The molecular weight excluding hydrogens is 145 g/mol. The predicted molar refractivity (Wildman–Crippen MR) is 36.6 cm³/mol. The van der Waals surface area contributed by atoms with Crippen molar-refractivity contribution in [2.45, 2.75) is 43.6 Å². The van der Waals surface area contributed by atoms with E-state index in [1.54, 1.807) is 0 Å². The van der Waals surface area contributed by atoms with Crippen LogP contribution in [0.4, 0.5) is 4.39 Å². The molecular formula is C8H10FNO. The van der Waals surface area contributed by atoms with Crippen LogP contribution in [-0.4, -0.2) is 17.4 Å². The van der Waals surface area contributed by atoms with Crippen molar-refractivity contribution in [3.63, 3.8) is 0 Å². The zero-order valence-corrected chi connectivity index (χ0v) is 6.43. The Balaban J connectivity index is 2.29. The predicted octanol–water partition coefficient (Wildman–Crippen LogP) is 1.56. The summed E-state index contributed by atoms with van der Waals surface area (Å²) in [5, 5.41) is 8.71. The Labute approximate surface area is 65.0 Å². The normalized spacial score (nSPS) is 54.5. The third-order valence-corrected chi connectivity index (χ3v) is 2.78. The number of nitriles is 1. The van der Waals surface area contributed by atoms with Crippen LogP contribution in [0.5, 0.6) is 0 Å². The molecule has 0 amide bonds. The van der Waals surface area contributed by atoms with E-state index in [9.17, 15) is 4.39 Å². The average Bonchev–Trinajstić information content (AvgIpc) is 2.63. The van der Waals surface area contributed by atoms with Crippen LogP contribution >= 0.6 is 0 Å². The van der Waals surface area contributed by atoms with E-state index in [-0.39, 0.29) is 6.10 Å². The van der Waals surface area contributed by atoms with E-state index in [0.717, 1.165) is 12.8 Å². The number of epoxide rings is 1. The van der Waals surface area contributed by atoms with E-state index in [4.69, 9.17) is 10.00 Å². The molecule has 0 unspecified atom stereocenters. The van der Waals surface area contributed by atoms with Gasteiger partial charge in [0.1, 0.15) is 12.2 Å². The highest BCUT2D eigenvalue weighted by atomic mass is 19.1. The van der Waals surface area contributed by atoms with Gasteiger partial charge in [0.25, 0.3) is 0 Å². The van der Waals surface area contributed by atoms with Gasteiger partial charge in [-0.1, -0.05) is 0 Å². The number of ether oxygens (including phenoxy) is 1. The molecule has 60 valence electrons. The molecule has 2 fully saturated rings.